The molecule has 0 amide bonds. The number of rotatable bonds is 8. The van der Waals surface area contributed by atoms with E-state index in [-0.39, 0.29) is 5.84 Å². The lowest BCUT2D eigenvalue weighted by Gasteiger charge is -2.26. The summed E-state index contributed by atoms with van der Waals surface area (Å²) in [5, 5.41) is 16.2. The zero-order valence-electron chi connectivity index (χ0n) is 19.6. The van der Waals surface area contributed by atoms with Crippen molar-refractivity contribution in [1.82, 2.24) is 24.8 Å². The maximum atomic E-state index is 7.35. The summed E-state index contributed by atoms with van der Waals surface area (Å²) in [6.45, 7) is 7.67. The quantitative estimate of drug-likeness (QED) is 0.259. The van der Waals surface area contributed by atoms with E-state index in [2.05, 4.69) is 15.2 Å². The molecule has 10 heteroatoms. The van der Waals surface area contributed by atoms with Crippen LogP contribution in [0.2, 0.25) is 0 Å². The summed E-state index contributed by atoms with van der Waals surface area (Å²) in [5.74, 6) is 1.08. The van der Waals surface area contributed by atoms with Crippen LogP contribution in [0, 0.1) is 12.3 Å². The van der Waals surface area contributed by atoms with Crippen LogP contribution < -0.4 is 15.8 Å². The van der Waals surface area contributed by atoms with E-state index in [4.69, 9.17) is 26.0 Å². The number of aryl methyl sites for hydroxylation is 1. The molecule has 35 heavy (non-hydrogen) atoms. The summed E-state index contributed by atoms with van der Waals surface area (Å²) >= 11 is 1.45. The van der Waals surface area contributed by atoms with Gasteiger partial charge in [0.1, 0.15) is 29.5 Å². The fourth-order valence-electron chi connectivity index (χ4n) is 4.25. The molecule has 0 atom stereocenters. The molecule has 0 radical (unpaired) electrons. The number of thiazole rings is 1. The van der Waals surface area contributed by atoms with Crippen molar-refractivity contribution in [2.45, 2.75) is 6.92 Å². The fraction of sp³-hybridized carbons (Fsp3) is 0.280. The van der Waals surface area contributed by atoms with Crippen LogP contribution in [0.1, 0.15) is 10.6 Å². The topological polar surface area (TPSA) is 117 Å². The average Bonchev–Trinajstić information content (AvgIpc) is 3.46. The Labute approximate surface area is 207 Å². The highest BCUT2D eigenvalue weighted by Crippen LogP contribution is 2.37. The molecular weight excluding hydrogens is 460 g/mol. The molecule has 3 aromatic heterocycles. The lowest BCUT2D eigenvalue weighted by molar-refractivity contribution is 0.191. The number of aliphatic imine (C=N–C) groups is 1. The molecular formula is C25H28N8OS. The Hall–Kier alpha value is -3.60. The Kier molecular flexibility index (Phi) is 6.84. The normalized spacial score (nSPS) is 14.9. The maximum Gasteiger partial charge on any atom is 0.144 e. The largest absolute Gasteiger partial charge is 0.492 e. The third-order valence-corrected chi connectivity index (χ3v) is 7.09. The van der Waals surface area contributed by atoms with Crippen molar-refractivity contribution in [1.29, 1.82) is 5.41 Å². The summed E-state index contributed by atoms with van der Waals surface area (Å²) in [4.78, 5) is 12.1. The minimum Gasteiger partial charge on any atom is -0.492 e. The predicted molar refractivity (Wildman–Crippen MR) is 141 cm³/mol. The van der Waals surface area contributed by atoms with Crippen LogP contribution in [-0.2, 0) is 0 Å². The van der Waals surface area contributed by atoms with Gasteiger partial charge in [0.25, 0.3) is 0 Å². The van der Waals surface area contributed by atoms with Crippen LogP contribution >= 0.6 is 11.3 Å². The molecule has 4 heterocycles. The number of nitrogens with two attached hydrogens (primary N) is 1. The lowest BCUT2D eigenvalue weighted by atomic mass is 10.1. The van der Waals surface area contributed by atoms with Gasteiger partial charge in [0, 0.05) is 50.6 Å². The monoisotopic (exact) mass is 488 g/mol. The Balaban J connectivity index is 1.49. The van der Waals surface area contributed by atoms with E-state index in [1.165, 1.54) is 11.3 Å². The van der Waals surface area contributed by atoms with Gasteiger partial charge in [-0.3, -0.25) is 10.3 Å². The summed E-state index contributed by atoms with van der Waals surface area (Å²) in [7, 11) is 0. The second kappa shape index (κ2) is 10.3. The second-order valence-corrected chi connectivity index (χ2v) is 9.30. The number of hydrogen-bond acceptors (Lipinski definition) is 7. The summed E-state index contributed by atoms with van der Waals surface area (Å²) in [6, 6.07) is 13.8. The Bertz CT molecular complexity index is 1350. The van der Waals surface area contributed by atoms with Gasteiger partial charge in [-0.05, 0) is 13.0 Å². The van der Waals surface area contributed by atoms with Crippen LogP contribution in [0.15, 0.2) is 53.7 Å². The van der Waals surface area contributed by atoms with Crippen LogP contribution in [0.5, 0.6) is 5.75 Å². The Morgan fingerprint density at radius 3 is 2.83 bits per heavy atom. The molecule has 180 valence electrons. The van der Waals surface area contributed by atoms with E-state index < -0.39 is 0 Å². The van der Waals surface area contributed by atoms with Gasteiger partial charge >= 0.3 is 0 Å². The molecule has 4 aromatic rings. The molecule has 0 unspecified atom stereocenters. The van der Waals surface area contributed by atoms with Gasteiger partial charge in [-0.25, -0.2) is 14.5 Å². The Morgan fingerprint density at radius 1 is 1.26 bits per heavy atom. The van der Waals surface area contributed by atoms with Crippen molar-refractivity contribution in [3.63, 3.8) is 0 Å². The zero-order valence-corrected chi connectivity index (χ0v) is 20.4. The summed E-state index contributed by atoms with van der Waals surface area (Å²) in [5.41, 5.74) is 10.6. The van der Waals surface area contributed by atoms with Gasteiger partial charge in [0.05, 0.1) is 27.3 Å². The number of aromatic nitrogens is 3. The van der Waals surface area contributed by atoms with Crippen LogP contribution in [0.25, 0.3) is 27.3 Å². The number of hydrogen-bond donors (Lipinski definition) is 3. The van der Waals surface area contributed by atoms with Crippen molar-refractivity contribution >= 4 is 29.0 Å². The maximum absolute atomic E-state index is 7.35. The number of benzene rings is 1. The molecule has 1 saturated heterocycles. The third-order valence-electron chi connectivity index (χ3n) is 5.99. The molecule has 1 fully saturated rings. The molecule has 0 aliphatic carbocycles. The first-order valence-corrected chi connectivity index (χ1v) is 12.4. The molecule has 1 aliphatic rings. The second-order valence-electron chi connectivity index (χ2n) is 8.30. The molecule has 5 rings (SSSR count). The number of pyridine rings is 1. The summed E-state index contributed by atoms with van der Waals surface area (Å²) in [6.07, 6.45) is 2.87. The molecule has 1 aliphatic heterocycles. The van der Waals surface area contributed by atoms with E-state index in [1.807, 2.05) is 60.1 Å². The van der Waals surface area contributed by atoms with Crippen LogP contribution in [0.4, 0.5) is 0 Å². The molecule has 4 N–H and O–H groups in total. The van der Waals surface area contributed by atoms with Gasteiger partial charge in [-0.1, -0.05) is 30.3 Å². The van der Waals surface area contributed by atoms with Gasteiger partial charge in [0.15, 0.2) is 0 Å². The highest BCUT2D eigenvalue weighted by Gasteiger charge is 2.22. The molecule has 0 spiro atoms. The number of amidine groups is 1. The first kappa shape index (κ1) is 23.2. The van der Waals surface area contributed by atoms with Gasteiger partial charge in [-0.2, -0.15) is 5.10 Å². The number of piperazine rings is 1. The van der Waals surface area contributed by atoms with E-state index in [1.54, 1.807) is 0 Å². The van der Waals surface area contributed by atoms with Crippen LogP contribution in [0.3, 0.4) is 0 Å². The average molecular weight is 489 g/mol. The number of nitrogens with one attached hydrogen (secondary N) is 2. The highest BCUT2D eigenvalue weighted by molar-refractivity contribution is 7.17. The van der Waals surface area contributed by atoms with E-state index in [0.717, 1.165) is 82.7 Å². The van der Waals surface area contributed by atoms with Gasteiger partial charge in [-0.15, -0.1) is 11.3 Å². The SMILES string of the molecule is Cc1nn2ccc(OCCN3CCNCC3)cc2c1-c1nc(-c2ccccc2)c(C(N)=NC=N)s1. The first-order chi connectivity index (χ1) is 17.1. The molecule has 0 saturated carbocycles. The number of nitrogens with zero attached hydrogens (tertiary/aromatic N) is 5. The highest BCUT2D eigenvalue weighted by atomic mass is 32.1. The van der Waals surface area contributed by atoms with Gasteiger partial charge < -0.3 is 15.8 Å². The van der Waals surface area contributed by atoms with Crippen molar-refractivity contribution in [2.24, 2.45) is 10.7 Å². The predicted octanol–water partition coefficient (Wildman–Crippen LogP) is 3.03. The molecule has 9 nitrogen and oxygen atoms in total. The number of ether oxygens (including phenoxy) is 1. The van der Waals surface area contributed by atoms with E-state index in [9.17, 15) is 0 Å². The van der Waals surface area contributed by atoms with Crippen molar-refractivity contribution in [3.05, 3.63) is 59.2 Å². The minimum absolute atomic E-state index is 0.272. The molecule has 0 bridgehead atoms. The van der Waals surface area contributed by atoms with E-state index in [0.29, 0.717) is 6.61 Å². The van der Waals surface area contributed by atoms with Gasteiger partial charge in [0.2, 0.25) is 0 Å². The van der Waals surface area contributed by atoms with Crippen LogP contribution in [-0.4, -0.2) is 71.0 Å². The number of fused-ring (bicyclic) bond motifs is 1. The van der Waals surface area contributed by atoms with E-state index >= 15 is 0 Å². The smallest absolute Gasteiger partial charge is 0.144 e. The van der Waals surface area contributed by atoms with Crippen molar-refractivity contribution < 1.29 is 4.74 Å². The Morgan fingerprint density at radius 2 is 2.06 bits per heavy atom. The summed E-state index contributed by atoms with van der Waals surface area (Å²) < 4.78 is 7.95. The minimum atomic E-state index is 0.272. The zero-order chi connectivity index (χ0) is 24.2. The fourth-order valence-corrected chi connectivity index (χ4v) is 5.35. The van der Waals surface area contributed by atoms with Crippen molar-refractivity contribution in [2.75, 3.05) is 39.3 Å². The third kappa shape index (κ3) is 4.95. The lowest BCUT2D eigenvalue weighted by Crippen LogP contribution is -2.44. The van der Waals surface area contributed by atoms with Crippen molar-refractivity contribution in [3.8, 4) is 27.6 Å². The standard InChI is InChI=1S/C25H28N8OS/c1-17-21(25-30-22(18-5-3-2-4-6-18)23(35-25)24(27)29-16-26)20-15-19(7-10-33(20)31-17)34-14-13-32-11-8-28-9-12-32/h2-7,10,15-16,28H,8-9,11-14H2,1H3,(H3,26,27,29). The first-order valence-electron chi connectivity index (χ1n) is 11.6. The molecule has 1 aromatic carbocycles.